The van der Waals surface area contributed by atoms with Gasteiger partial charge in [-0.1, -0.05) is 6.07 Å². The molecular weight excluding hydrogens is 242 g/mol. The molecule has 2 rings (SSSR count). The molecule has 102 valence electrons. The second-order valence-corrected chi connectivity index (χ2v) is 5.10. The van der Waals surface area contributed by atoms with Crippen LogP contribution in [0.15, 0.2) is 18.2 Å². The predicted molar refractivity (Wildman–Crippen MR) is 73.6 cm³/mol. The Kier molecular flexibility index (Phi) is 3.85. The number of rotatable bonds is 3. The van der Waals surface area contributed by atoms with Crippen molar-refractivity contribution in [3.8, 4) is 0 Å². The summed E-state index contributed by atoms with van der Waals surface area (Å²) in [4.78, 5) is 23.4. The van der Waals surface area contributed by atoms with Gasteiger partial charge in [0, 0.05) is 23.2 Å². The van der Waals surface area contributed by atoms with Crippen LogP contribution in [0, 0.1) is 12.8 Å². The van der Waals surface area contributed by atoms with Gasteiger partial charge in [0.25, 0.3) is 0 Å². The molecule has 1 aliphatic carbocycles. The lowest BCUT2D eigenvalue weighted by molar-refractivity contribution is -0.119. The molecule has 19 heavy (non-hydrogen) atoms. The third kappa shape index (κ3) is 2.93. The Hall–Kier alpha value is -1.88. The van der Waals surface area contributed by atoms with Gasteiger partial charge in [0.05, 0.1) is 0 Å². The zero-order chi connectivity index (χ0) is 14.0. The van der Waals surface area contributed by atoms with Crippen molar-refractivity contribution in [1.29, 1.82) is 0 Å². The first-order chi connectivity index (χ1) is 8.99. The molecule has 5 nitrogen and oxygen atoms in total. The molecule has 0 saturated heterocycles. The second kappa shape index (κ2) is 5.40. The van der Waals surface area contributed by atoms with E-state index < -0.39 is 5.91 Å². The van der Waals surface area contributed by atoms with E-state index in [1.54, 1.807) is 25.1 Å². The fourth-order valence-corrected chi connectivity index (χ4v) is 2.53. The predicted octanol–water partition coefficient (Wildman–Crippen LogP) is 1.16. The molecule has 2 amide bonds. The van der Waals surface area contributed by atoms with Crippen LogP contribution in [-0.4, -0.2) is 17.9 Å². The zero-order valence-electron chi connectivity index (χ0n) is 11.0. The summed E-state index contributed by atoms with van der Waals surface area (Å²) in [6, 6.07) is 5.25. The Morgan fingerprint density at radius 3 is 2.63 bits per heavy atom. The summed E-state index contributed by atoms with van der Waals surface area (Å²) in [6.07, 6.45) is 2.43. The summed E-state index contributed by atoms with van der Waals surface area (Å²) in [6.45, 7) is 1.77. The van der Waals surface area contributed by atoms with E-state index >= 15 is 0 Å². The maximum Gasteiger partial charge on any atom is 0.249 e. The third-order valence-electron chi connectivity index (χ3n) is 3.70. The number of amides is 2. The Labute approximate surface area is 112 Å². The highest BCUT2D eigenvalue weighted by atomic mass is 16.2. The molecule has 0 aliphatic heterocycles. The summed E-state index contributed by atoms with van der Waals surface area (Å²) in [5, 5.41) is 2.87. The van der Waals surface area contributed by atoms with Gasteiger partial charge >= 0.3 is 0 Å². The molecule has 0 spiro atoms. The van der Waals surface area contributed by atoms with Gasteiger partial charge in [-0.3, -0.25) is 9.59 Å². The maximum absolute atomic E-state index is 12.1. The van der Waals surface area contributed by atoms with Gasteiger partial charge in [-0.2, -0.15) is 0 Å². The summed E-state index contributed by atoms with van der Waals surface area (Å²) in [5.74, 6) is -0.555. The van der Waals surface area contributed by atoms with Crippen LogP contribution in [0.5, 0.6) is 0 Å². The van der Waals surface area contributed by atoms with Crippen LogP contribution in [0.4, 0.5) is 5.69 Å². The van der Waals surface area contributed by atoms with Crippen molar-refractivity contribution in [3.05, 3.63) is 29.3 Å². The van der Waals surface area contributed by atoms with Gasteiger partial charge < -0.3 is 16.8 Å². The monoisotopic (exact) mass is 261 g/mol. The van der Waals surface area contributed by atoms with Crippen LogP contribution in [0.2, 0.25) is 0 Å². The van der Waals surface area contributed by atoms with E-state index in [2.05, 4.69) is 5.32 Å². The van der Waals surface area contributed by atoms with E-state index in [0.717, 1.165) is 19.3 Å². The van der Waals surface area contributed by atoms with Gasteiger partial charge in [0.1, 0.15) is 0 Å². The lowest BCUT2D eigenvalue weighted by atomic mass is 10.0. The smallest absolute Gasteiger partial charge is 0.249 e. The number of benzene rings is 1. The number of anilines is 1. The standard InChI is InChI=1S/C14H19N3O2/c1-8-11(13(16)18)3-2-4-12(8)17-14(19)9-5-6-10(15)7-9/h2-4,9-10H,5-7,15H2,1H3,(H2,16,18)(H,17,19). The molecule has 1 aromatic carbocycles. The SMILES string of the molecule is Cc1c(NC(=O)C2CCC(N)C2)cccc1C(N)=O. The van der Waals surface area contributed by atoms with E-state index in [0.29, 0.717) is 16.8 Å². The largest absolute Gasteiger partial charge is 0.366 e. The molecule has 5 heteroatoms. The Balaban J connectivity index is 2.13. The minimum absolute atomic E-state index is 0.0299. The average molecular weight is 261 g/mol. The Bertz CT molecular complexity index is 513. The number of hydrogen-bond donors (Lipinski definition) is 3. The van der Waals surface area contributed by atoms with Crippen LogP contribution in [0.1, 0.15) is 35.2 Å². The van der Waals surface area contributed by atoms with Gasteiger partial charge in [-0.15, -0.1) is 0 Å². The molecule has 0 heterocycles. The highest BCUT2D eigenvalue weighted by Gasteiger charge is 2.28. The molecular formula is C14H19N3O2. The molecule has 1 aromatic rings. The van der Waals surface area contributed by atoms with Crippen LogP contribution < -0.4 is 16.8 Å². The van der Waals surface area contributed by atoms with Crippen molar-refractivity contribution >= 4 is 17.5 Å². The van der Waals surface area contributed by atoms with Crippen LogP contribution in [0.25, 0.3) is 0 Å². The highest BCUT2D eigenvalue weighted by Crippen LogP contribution is 2.26. The lowest BCUT2D eigenvalue weighted by Crippen LogP contribution is -2.24. The average Bonchev–Trinajstić information content (AvgIpc) is 2.78. The minimum atomic E-state index is -0.489. The van der Waals surface area contributed by atoms with Crippen LogP contribution in [-0.2, 0) is 4.79 Å². The quantitative estimate of drug-likeness (QED) is 0.761. The summed E-state index contributed by atoms with van der Waals surface area (Å²) in [7, 11) is 0. The van der Waals surface area contributed by atoms with E-state index in [1.165, 1.54) is 0 Å². The summed E-state index contributed by atoms with van der Waals surface area (Å²) in [5.41, 5.74) is 12.9. The van der Waals surface area contributed by atoms with E-state index in [9.17, 15) is 9.59 Å². The molecule has 5 N–H and O–H groups in total. The van der Waals surface area contributed by atoms with Crippen molar-refractivity contribution in [2.75, 3.05) is 5.32 Å². The van der Waals surface area contributed by atoms with Gasteiger partial charge in [0.15, 0.2) is 0 Å². The molecule has 1 aliphatic rings. The first kappa shape index (κ1) is 13.5. The third-order valence-corrected chi connectivity index (χ3v) is 3.70. The maximum atomic E-state index is 12.1. The van der Waals surface area contributed by atoms with Gasteiger partial charge in [-0.25, -0.2) is 0 Å². The summed E-state index contributed by atoms with van der Waals surface area (Å²) < 4.78 is 0. The highest BCUT2D eigenvalue weighted by molar-refractivity contribution is 5.99. The number of nitrogens with two attached hydrogens (primary N) is 2. The number of carbonyl (C=O) groups excluding carboxylic acids is 2. The second-order valence-electron chi connectivity index (χ2n) is 5.10. The van der Waals surface area contributed by atoms with Crippen molar-refractivity contribution in [1.82, 2.24) is 0 Å². The topological polar surface area (TPSA) is 98.2 Å². The van der Waals surface area contributed by atoms with Crippen molar-refractivity contribution in [2.24, 2.45) is 17.4 Å². The molecule has 1 fully saturated rings. The first-order valence-corrected chi connectivity index (χ1v) is 6.45. The number of hydrogen-bond acceptors (Lipinski definition) is 3. The minimum Gasteiger partial charge on any atom is -0.366 e. The fourth-order valence-electron chi connectivity index (χ4n) is 2.53. The summed E-state index contributed by atoms with van der Waals surface area (Å²) >= 11 is 0. The van der Waals surface area contributed by atoms with Crippen LogP contribution in [0.3, 0.4) is 0 Å². The Morgan fingerprint density at radius 1 is 1.32 bits per heavy atom. The number of nitrogens with one attached hydrogen (secondary N) is 1. The zero-order valence-corrected chi connectivity index (χ0v) is 11.0. The van der Waals surface area contributed by atoms with Crippen molar-refractivity contribution < 1.29 is 9.59 Å². The normalized spacial score (nSPS) is 22.2. The van der Waals surface area contributed by atoms with Crippen molar-refractivity contribution in [2.45, 2.75) is 32.2 Å². The van der Waals surface area contributed by atoms with Crippen molar-refractivity contribution in [3.63, 3.8) is 0 Å². The first-order valence-electron chi connectivity index (χ1n) is 6.45. The molecule has 2 unspecified atom stereocenters. The number of carbonyl (C=O) groups is 2. The number of primary amides is 1. The molecule has 2 atom stereocenters. The molecule has 0 radical (unpaired) electrons. The van der Waals surface area contributed by atoms with E-state index in [4.69, 9.17) is 11.5 Å². The molecule has 0 aromatic heterocycles. The van der Waals surface area contributed by atoms with E-state index in [1.807, 2.05) is 0 Å². The van der Waals surface area contributed by atoms with Gasteiger partial charge in [-0.05, 0) is 43.9 Å². The van der Waals surface area contributed by atoms with Crippen LogP contribution >= 0.6 is 0 Å². The Morgan fingerprint density at radius 2 is 2.05 bits per heavy atom. The molecule has 1 saturated carbocycles. The van der Waals surface area contributed by atoms with Gasteiger partial charge in [0.2, 0.25) is 11.8 Å². The molecule has 0 bridgehead atoms. The fraction of sp³-hybridized carbons (Fsp3) is 0.429. The van der Waals surface area contributed by atoms with E-state index in [-0.39, 0.29) is 17.9 Å². The lowest BCUT2D eigenvalue weighted by Gasteiger charge is -2.14.